The van der Waals surface area contributed by atoms with Crippen LogP contribution < -0.4 is 16.8 Å². The molecule has 3 nitrogen and oxygen atoms in total. The molecule has 0 aliphatic rings. The number of hydrogen-bond donors (Lipinski definition) is 3. The van der Waals surface area contributed by atoms with Gasteiger partial charge in [-0.2, -0.15) is 0 Å². The molecule has 0 saturated carbocycles. The summed E-state index contributed by atoms with van der Waals surface area (Å²) in [5, 5.41) is 3.09. The summed E-state index contributed by atoms with van der Waals surface area (Å²) in [7, 11) is 1.88. The van der Waals surface area contributed by atoms with Crippen molar-refractivity contribution in [1.82, 2.24) is 0 Å². The third-order valence-electron chi connectivity index (χ3n) is 2.59. The number of rotatable bonds is 2. The van der Waals surface area contributed by atoms with Crippen molar-refractivity contribution in [2.24, 2.45) is 0 Å². The van der Waals surface area contributed by atoms with Crippen LogP contribution in [-0.2, 0) is 0 Å². The lowest BCUT2D eigenvalue weighted by atomic mass is 10.0. The maximum absolute atomic E-state index is 5.96. The molecular formula is C13H15N3. The van der Waals surface area contributed by atoms with Gasteiger partial charge in [-0.15, -0.1) is 0 Å². The minimum absolute atomic E-state index is 0.733. The number of anilines is 3. The monoisotopic (exact) mass is 213 g/mol. The van der Waals surface area contributed by atoms with Gasteiger partial charge in [0.05, 0.1) is 0 Å². The average Bonchev–Trinajstić information content (AvgIpc) is 2.31. The highest BCUT2D eigenvalue weighted by molar-refractivity contribution is 5.86. The van der Waals surface area contributed by atoms with E-state index in [1.165, 1.54) is 0 Å². The summed E-state index contributed by atoms with van der Waals surface area (Å²) in [6.07, 6.45) is 0. The fourth-order valence-corrected chi connectivity index (χ4v) is 1.69. The van der Waals surface area contributed by atoms with E-state index in [0.717, 1.165) is 28.2 Å². The fourth-order valence-electron chi connectivity index (χ4n) is 1.69. The zero-order valence-corrected chi connectivity index (χ0v) is 9.20. The highest BCUT2D eigenvalue weighted by Crippen LogP contribution is 2.32. The van der Waals surface area contributed by atoms with Gasteiger partial charge >= 0.3 is 0 Å². The van der Waals surface area contributed by atoms with Crippen LogP contribution in [0.25, 0.3) is 11.1 Å². The van der Waals surface area contributed by atoms with E-state index in [-0.39, 0.29) is 0 Å². The van der Waals surface area contributed by atoms with E-state index in [0.29, 0.717) is 0 Å². The Labute approximate surface area is 95.1 Å². The zero-order valence-electron chi connectivity index (χ0n) is 9.20. The zero-order chi connectivity index (χ0) is 11.5. The van der Waals surface area contributed by atoms with Crippen LogP contribution in [0, 0.1) is 0 Å². The van der Waals surface area contributed by atoms with Crippen molar-refractivity contribution >= 4 is 17.1 Å². The third kappa shape index (κ3) is 1.80. The number of nitrogen functional groups attached to an aromatic ring is 2. The molecule has 2 aromatic carbocycles. The van der Waals surface area contributed by atoms with Gasteiger partial charge in [-0.25, -0.2) is 0 Å². The number of nitrogens with two attached hydrogens (primary N) is 2. The van der Waals surface area contributed by atoms with E-state index in [2.05, 4.69) is 5.32 Å². The summed E-state index contributed by atoms with van der Waals surface area (Å²) >= 11 is 0. The number of para-hydroxylation sites is 1. The standard InChI is InChI=1S/C13H15N3/c1-16-9-6-7-13(15)11(8-9)10-4-2-3-5-12(10)14/h2-8,16H,14-15H2,1H3. The minimum Gasteiger partial charge on any atom is -0.398 e. The van der Waals surface area contributed by atoms with Gasteiger partial charge in [0.25, 0.3) is 0 Å². The van der Waals surface area contributed by atoms with Gasteiger partial charge in [0.15, 0.2) is 0 Å². The largest absolute Gasteiger partial charge is 0.398 e. The second-order valence-electron chi connectivity index (χ2n) is 3.64. The number of nitrogens with one attached hydrogen (secondary N) is 1. The third-order valence-corrected chi connectivity index (χ3v) is 2.59. The van der Waals surface area contributed by atoms with E-state index in [9.17, 15) is 0 Å². The first-order valence-electron chi connectivity index (χ1n) is 5.14. The first-order chi connectivity index (χ1) is 7.72. The first-order valence-corrected chi connectivity index (χ1v) is 5.14. The van der Waals surface area contributed by atoms with Gasteiger partial charge in [0.1, 0.15) is 0 Å². The van der Waals surface area contributed by atoms with Crippen molar-refractivity contribution in [2.45, 2.75) is 0 Å². The van der Waals surface area contributed by atoms with E-state index in [1.807, 2.05) is 49.5 Å². The molecule has 0 radical (unpaired) electrons. The predicted octanol–water partition coefficient (Wildman–Crippen LogP) is 2.56. The Morgan fingerprint density at radius 1 is 0.875 bits per heavy atom. The Hall–Kier alpha value is -2.16. The van der Waals surface area contributed by atoms with E-state index in [1.54, 1.807) is 0 Å². The van der Waals surface area contributed by atoms with Gasteiger partial charge in [0, 0.05) is 35.2 Å². The van der Waals surface area contributed by atoms with Crippen LogP contribution in [-0.4, -0.2) is 7.05 Å². The van der Waals surface area contributed by atoms with Crippen LogP contribution in [0.1, 0.15) is 0 Å². The molecule has 0 bridgehead atoms. The van der Waals surface area contributed by atoms with Gasteiger partial charge in [-0.05, 0) is 24.3 Å². The number of hydrogen-bond acceptors (Lipinski definition) is 3. The average molecular weight is 213 g/mol. The van der Waals surface area contributed by atoms with Crippen LogP contribution in [0.15, 0.2) is 42.5 Å². The molecule has 0 unspecified atom stereocenters. The second kappa shape index (κ2) is 4.14. The normalized spacial score (nSPS) is 10.1. The van der Waals surface area contributed by atoms with Crippen molar-refractivity contribution in [3.05, 3.63) is 42.5 Å². The van der Waals surface area contributed by atoms with Crippen molar-refractivity contribution in [2.75, 3.05) is 23.8 Å². The quantitative estimate of drug-likeness (QED) is 0.672. The van der Waals surface area contributed by atoms with Crippen LogP contribution in [0.3, 0.4) is 0 Å². The predicted molar refractivity (Wildman–Crippen MR) is 70.2 cm³/mol. The van der Waals surface area contributed by atoms with Gasteiger partial charge < -0.3 is 16.8 Å². The first kappa shape index (κ1) is 10.4. The molecule has 5 N–H and O–H groups in total. The Morgan fingerprint density at radius 3 is 2.25 bits per heavy atom. The van der Waals surface area contributed by atoms with Crippen LogP contribution in [0.2, 0.25) is 0 Å². The maximum atomic E-state index is 5.96. The van der Waals surface area contributed by atoms with Gasteiger partial charge in [0.2, 0.25) is 0 Å². The summed E-state index contributed by atoms with van der Waals surface area (Å²) in [6.45, 7) is 0. The highest BCUT2D eigenvalue weighted by atomic mass is 14.8. The lowest BCUT2D eigenvalue weighted by Crippen LogP contribution is -1.96. The molecule has 0 spiro atoms. The molecule has 0 atom stereocenters. The minimum atomic E-state index is 0.733. The molecule has 16 heavy (non-hydrogen) atoms. The Bertz CT molecular complexity index is 506. The topological polar surface area (TPSA) is 64.1 Å². The van der Waals surface area contributed by atoms with Crippen molar-refractivity contribution < 1.29 is 0 Å². The van der Waals surface area contributed by atoms with Crippen molar-refractivity contribution in [3.63, 3.8) is 0 Å². The molecule has 0 aliphatic carbocycles. The highest BCUT2D eigenvalue weighted by Gasteiger charge is 2.06. The lowest BCUT2D eigenvalue weighted by molar-refractivity contribution is 1.50. The van der Waals surface area contributed by atoms with Gasteiger partial charge in [-0.1, -0.05) is 18.2 Å². The molecule has 2 rings (SSSR count). The van der Waals surface area contributed by atoms with Crippen LogP contribution in [0.5, 0.6) is 0 Å². The lowest BCUT2D eigenvalue weighted by Gasteiger charge is -2.10. The molecule has 0 heterocycles. The maximum Gasteiger partial charge on any atom is 0.0396 e. The van der Waals surface area contributed by atoms with Crippen molar-refractivity contribution in [1.29, 1.82) is 0 Å². The Morgan fingerprint density at radius 2 is 1.56 bits per heavy atom. The second-order valence-corrected chi connectivity index (χ2v) is 3.64. The SMILES string of the molecule is CNc1ccc(N)c(-c2ccccc2N)c1. The summed E-state index contributed by atoms with van der Waals surface area (Å²) in [6, 6.07) is 13.5. The van der Waals surface area contributed by atoms with Crippen molar-refractivity contribution in [3.8, 4) is 11.1 Å². The molecule has 0 aliphatic heterocycles. The molecule has 0 amide bonds. The van der Waals surface area contributed by atoms with Gasteiger partial charge in [-0.3, -0.25) is 0 Å². The molecule has 3 heteroatoms. The summed E-state index contributed by atoms with van der Waals surface area (Å²) < 4.78 is 0. The van der Waals surface area contributed by atoms with Crippen LogP contribution in [0.4, 0.5) is 17.1 Å². The summed E-state index contributed by atoms with van der Waals surface area (Å²) in [5.74, 6) is 0. The molecular weight excluding hydrogens is 198 g/mol. The summed E-state index contributed by atoms with van der Waals surface area (Å²) in [5.41, 5.74) is 16.3. The molecule has 2 aromatic rings. The molecule has 0 fully saturated rings. The van der Waals surface area contributed by atoms with Crippen LogP contribution >= 0.6 is 0 Å². The molecule has 0 aromatic heterocycles. The van der Waals surface area contributed by atoms with E-state index in [4.69, 9.17) is 11.5 Å². The molecule has 82 valence electrons. The Balaban J connectivity index is 2.59. The van der Waals surface area contributed by atoms with E-state index < -0.39 is 0 Å². The Kier molecular flexibility index (Phi) is 2.68. The summed E-state index contributed by atoms with van der Waals surface area (Å²) in [4.78, 5) is 0. The smallest absolute Gasteiger partial charge is 0.0396 e. The number of benzene rings is 2. The van der Waals surface area contributed by atoms with E-state index >= 15 is 0 Å². The molecule has 0 saturated heterocycles. The fraction of sp³-hybridized carbons (Fsp3) is 0.0769.